The molecule has 19 heavy (non-hydrogen) atoms. The minimum absolute atomic E-state index is 0.187. The fourth-order valence-corrected chi connectivity index (χ4v) is 3.04. The first kappa shape index (κ1) is 13.9. The molecule has 0 spiro atoms. The summed E-state index contributed by atoms with van der Waals surface area (Å²) in [6.45, 7) is 4.19. The van der Waals surface area contributed by atoms with Gasteiger partial charge in [-0.1, -0.05) is 72.4 Å². The third-order valence-corrected chi connectivity index (χ3v) is 4.15. The van der Waals surface area contributed by atoms with E-state index in [0.717, 1.165) is 5.56 Å². The molecule has 0 unspecified atom stereocenters. The lowest BCUT2D eigenvalue weighted by Gasteiger charge is -2.23. The summed E-state index contributed by atoms with van der Waals surface area (Å²) in [5.41, 5.74) is 2.25. The topological polar surface area (TPSA) is 17.1 Å². The summed E-state index contributed by atoms with van der Waals surface area (Å²) >= 11 is 1.41. The Morgan fingerprint density at radius 2 is 1.47 bits per heavy atom. The average Bonchev–Trinajstić information content (AvgIpc) is 2.40. The van der Waals surface area contributed by atoms with E-state index in [0.29, 0.717) is 6.42 Å². The maximum absolute atomic E-state index is 12.2. The maximum Gasteiger partial charge on any atom is 0.194 e. The van der Waals surface area contributed by atoms with Crippen LogP contribution in [-0.2, 0) is 16.0 Å². The van der Waals surface area contributed by atoms with Crippen molar-refractivity contribution in [2.45, 2.75) is 25.0 Å². The number of carbonyl (C=O) groups is 1. The van der Waals surface area contributed by atoms with Crippen LogP contribution in [0.4, 0.5) is 0 Å². The van der Waals surface area contributed by atoms with Gasteiger partial charge in [-0.25, -0.2) is 0 Å². The van der Waals surface area contributed by atoms with Gasteiger partial charge in [0.05, 0.1) is 0 Å². The molecule has 0 atom stereocenters. The highest BCUT2D eigenvalue weighted by Crippen LogP contribution is 2.36. The Morgan fingerprint density at radius 1 is 0.947 bits per heavy atom. The monoisotopic (exact) mass is 270 g/mol. The number of benzene rings is 2. The third-order valence-electron chi connectivity index (χ3n) is 3.03. The number of rotatable bonds is 4. The number of thioether (sulfide) groups is 1. The fraction of sp³-hybridized carbons (Fsp3) is 0.235. The molecule has 0 saturated heterocycles. The summed E-state index contributed by atoms with van der Waals surface area (Å²) in [6.07, 6.45) is 0.488. The van der Waals surface area contributed by atoms with E-state index in [1.54, 1.807) is 0 Å². The first-order valence-corrected chi connectivity index (χ1v) is 7.21. The summed E-state index contributed by atoms with van der Waals surface area (Å²) in [7, 11) is 0. The van der Waals surface area contributed by atoms with Gasteiger partial charge in [-0.2, -0.15) is 0 Å². The van der Waals surface area contributed by atoms with Crippen LogP contribution >= 0.6 is 11.8 Å². The molecule has 2 heteroatoms. The zero-order chi connectivity index (χ0) is 13.7. The second kappa shape index (κ2) is 6.07. The number of hydrogen-bond acceptors (Lipinski definition) is 2. The quantitative estimate of drug-likeness (QED) is 0.818. The summed E-state index contributed by atoms with van der Waals surface area (Å²) in [4.78, 5) is 12.2. The van der Waals surface area contributed by atoms with Crippen LogP contribution in [0, 0.1) is 0 Å². The zero-order valence-electron chi connectivity index (χ0n) is 11.3. The first-order chi connectivity index (χ1) is 9.08. The van der Waals surface area contributed by atoms with Crippen molar-refractivity contribution >= 4 is 16.9 Å². The minimum Gasteiger partial charge on any atom is -0.287 e. The molecule has 0 aromatic heterocycles. The molecular weight excluding hydrogens is 252 g/mol. The van der Waals surface area contributed by atoms with Crippen LogP contribution in [0.5, 0.6) is 0 Å². The Morgan fingerprint density at radius 3 is 2.05 bits per heavy atom. The predicted molar refractivity (Wildman–Crippen MR) is 82.2 cm³/mol. The minimum atomic E-state index is -0.187. The van der Waals surface area contributed by atoms with Gasteiger partial charge < -0.3 is 0 Å². The molecule has 2 aromatic rings. The lowest BCUT2D eigenvalue weighted by Crippen LogP contribution is -2.16. The largest absolute Gasteiger partial charge is 0.287 e. The van der Waals surface area contributed by atoms with Crippen molar-refractivity contribution in [3.05, 3.63) is 71.8 Å². The Hall–Kier alpha value is -1.54. The summed E-state index contributed by atoms with van der Waals surface area (Å²) in [5.74, 6) is 0. The van der Waals surface area contributed by atoms with Crippen molar-refractivity contribution in [1.82, 2.24) is 0 Å². The van der Waals surface area contributed by atoms with Crippen LogP contribution in [0.2, 0.25) is 0 Å². The van der Waals surface area contributed by atoms with Crippen molar-refractivity contribution in [3.63, 3.8) is 0 Å². The highest BCUT2D eigenvalue weighted by Gasteiger charge is 2.24. The molecular formula is C17H18OS. The van der Waals surface area contributed by atoms with E-state index in [2.05, 4.69) is 26.0 Å². The Bertz CT molecular complexity index is 532. The molecule has 2 aromatic carbocycles. The van der Waals surface area contributed by atoms with E-state index in [9.17, 15) is 4.79 Å². The predicted octanol–water partition coefficient (Wildman–Crippen LogP) is 4.42. The van der Waals surface area contributed by atoms with Crippen molar-refractivity contribution in [1.29, 1.82) is 0 Å². The van der Waals surface area contributed by atoms with E-state index in [-0.39, 0.29) is 9.86 Å². The van der Waals surface area contributed by atoms with Gasteiger partial charge in [-0.15, -0.1) is 0 Å². The van der Waals surface area contributed by atoms with Gasteiger partial charge in [0.15, 0.2) is 5.12 Å². The van der Waals surface area contributed by atoms with Crippen LogP contribution in [0.3, 0.4) is 0 Å². The Labute approximate surface area is 119 Å². The first-order valence-electron chi connectivity index (χ1n) is 6.39. The van der Waals surface area contributed by atoms with E-state index < -0.39 is 0 Å². The highest BCUT2D eigenvalue weighted by atomic mass is 32.2. The van der Waals surface area contributed by atoms with Crippen LogP contribution < -0.4 is 0 Å². The van der Waals surface area contributed by atoms with Gasteiger partial charge in [-0.05, 0) is 25.0 Å². The number of hydrogen-bond donors (Lipinski definition) is 0. The van der Waals surface area contributed by atoms with Crippen LogP contribution in [0.15, 0.2) is 60.7 Å². The standard InChI is InChI=1S/C17H18OS/c1-17(2,15-11-7-4-8-12-15)19-16(18)13-14-9-5-3-6-10-14/h3-12H,13H2,1-2H3. The second-order valence-corrected chi connectivity index (χ2v) is 6.69. The molecule has 2 rings (SSSR count). The molecule has 0 N–H and O–H groups in total. The van der Waals surface area contributed by atoms with Crippen molar-refractivity contribution < 1.29 is 4.79 Å². The molecule has 0 bridgehead atoms. The maximum atomic E-state index is 12.2. The normalized spacial score (nSPS) is 11.3. The fourth-order valence-electron chi connectivity index (χ4n) is 1.98. The Kier molecular flexibility index (Phi) is 4.43. The Balaban J connectivity index is 2.02. The number of carbonyl (C=O) groups excluding carboxylic acids is 1. The lowest BCUT2D eigenvalue weighted by atomic mass is 10.0. The summed E-state index contributed by atoms with van der Waals surface area (Å²) in [5, 5.41) is 0.208. The van der Waals surface area contributed by atoms with E-state index in [1.165, 1.54) is 17.3 Å². The van der Waals surface area contributed by atoms with Gasteiger partial charge in [0.25, 0.3) is 0 Å². The van der Waals surface area contributed by atoms with Gasteiger partial charge >= 0.3 is 0 Å². The summed E-state index contributed by atoms with van der Waals surface area (Å²) in [6, 6.07) is 20.1. The van der Waals surface area contributed by atoms with Gasteiger partial charge in [0, 0.05) is 11.2 Å². The molecule has 98 valence electrons. The van der Waals surface area contributed by atoms with Gasteiger partial charge in [0.1, 0.15) is 0 Å². The average molecular weight is 270 g/mol. The van der Waals surface area contributed by atoms with E-state index >= 15 is 0 Å². The molecule has 0 aliphatic heterocycles. The SMILES string of the molecule is CC(C)(SC(=O)Cc1ccccc1)c1ccccc1. The highest BCUT2D eigenvalue weighted by molar-refractivity contribution is 8.14. The molecule has 0 heterocycles. The molecule has 1 nitrogen and oxygen atoms in total. The van der Waals surface area contributed by atoms with E-state index in [1.807, 2.05) is 48.5 Å². The second-order valence-electron chi connectivity index (χ2n) is 5.01. The van der Waals surface area contributed by atoms with Crippen molar-refractivity contribution in [2.75, 3.05) is 0 Å². The van der Waals surface area contributed by atoms with Gasteiger partial charge in [0.2, 0.25) is 0 Å². The molecule has 0 aliphatic rings. The lowest BCUT2D eigenvalue weighted by molar-refractivity contribution is -0.110. The van der Waals surface area contributed by atoms with E-state index in [4.69, 9.17) is 0 Å². The smallest absolute Gasteiger partial charge is 0.194 e. The van der Waals surface area contributed by atoms with Gasteiger partial charge in [-0.3, -0.25) is 4.79 Å². The molecule has 0 aliphatic carbocycles. The third kappa shape index (κ3) is 3.97. The van der Waals surface area contributed by atoms with Crippen molar-refractivity contribution in [2.24, 2.45) is 0 Å². The van der Waals surface area contributed by atoms with Crippen molar-refractivity contribution in [3.8, 4) is 0 Å². The van der Waals surface area contributed by atoms with Crippen LogP contribution in [0.25, 0.3) is 0 Å². The zero-order valence-corrected chi connectivity index (χ0v) is 12.1. The molecule has 0 fully saturated rings. The molecule has 0 radical (unpaired) electrons. The summed E-state index contributed by atoms with van der Waals surface area (Å²) < 4.78 is -0.187. The van der Waals surface area contributed by atoms with Crippen LogP contribution in [-0.4, -0.2) is 5.12 Å². The molecule has 0 saturated carbocycles. The molecule has 0 amide bonds. The van der Waals surface area contributed by atoms with Crippen LogP contribution in [0.1, 0.15) is 25.0 Å².